The van der Waals surface area contributed by atoms with E-state index in [4.69, 9.17) is 4.52 Å². The molecule has 1 aliphatic heterocycles. The van der Waals surface area contributed by atoms with Crippen LogP contribution in [0.3, 0.4) is 0 Å². The highest BCUT2D eigenvalue weighted by atomic mass is 19.1. The third-order valence-electron chi connectivity index (χ3n) is 3.45. The summed E-state index contributed by atoms with van der Waals surface area (Å²) in [5.74, 6) is 1.13. The molecule has 1 aromatic carbocycles. The maximum atomic E-state index is 13.6. The fourth-order valence-electron chi connectivity index (χ4n) is 2.43. The standard InChI is InChI=1S/C14H16FN3O/c15-12-6-2-1-5-11(12)14-17-13(19-18-14)8-10-4-3-7-16-9-10/h1-2,5-6,10,16H,3-4,7-9H2. The Kier molecular flexibility index (Phi) is 3.55. The summed E-state index contributed by atoms with van der Waals surface area (Å²) in [6, 6.07) is 6.47. The lowest BCUT2D eigenvalue weighted by molar-refractivity contribution is 0.316. The second-order valence-corrected chi connectivity index (χ2v) is 4.91. The number of hydrogen-bond donors (Lipinski definition) is 1. The lowest BCUT2D eigenvalue weighted by Gasteiger charge is -2.20. The van der Waals surface area contributed by atoms with Crippen LogP contribution in [0.1, 0.15) is 18.7 Å². The smallest absolute Gasteiger partial charge is 0.227 e. The van der Waals surface area contributed by atoms with Crippen molar-refractivity contribution in [2.75, 3.05) is 13.1 Å². The maximum Gasteiger partial charge on any atom is 0.227 e. The van der Waals surface area contributed by atoms with Crippen molar-refractivity contribution in [1.29, 1.82) is 0 Å². The first-order valence-electron chi connectivity index (χ1n) is 6.61. The van der Waals surface area contributed by atoms with Gasteiger partial charge in [0.05, 0.1) is 5.56 Å². The molecule has 0 amide bonds. The first kappa shape index (κ1) is 12.3. The second-order valence-electron chi connectivity index (χ2n) is 4.91. The van der Waals surface area contributed by atoms with Gasteiger partial charge >= 0.3 is 0 Å². The first-order chi connectivity index (χ1) is 9.33. The largest absolute Gasteiger partial charge is 0.339 e. The first-order valence-corrected chi connectivity index (χ1v) is 6.61. The third-order valence-corrected chi connectivity index (χ3v) is 3.45. The lowest BCUT2D eigenvalue weighted by atomic mass is 9.96. The summed E-state index contributed by atoms with van der Waals surface area (Å²) in [6.45, 7) is 2.07. The minimum absolute atomic E-state index is 0.325. The Balaban J connectivity index is 1.74. The SMILES string of the molecule is Fc1ccccc1-c1noc(CC2CCCNC2)n1. The molecule has 0 bridgehead atoms. The molecule has 0 radical (unpaired) electrons. The molecule has 1 saturated heterocycles. The van der Waals surface area contributed by atoms with Crippen molar-refractivity contribution in [3.8, 4) is 11.4 Å². The molecule has 2 heterocycles. The highest BCUT2D eigenvalue weighted by molar-refractivity contribution is 5.54. The Bertz CT molecular complexity index is 549. The van der Waals surface area contributed by atoms with Gasteiger partial charge in [-0.2, -0.15) is 4.98 Å². The summed E-state index contributed by atoms with van der Waals surface area (Å²) in [5, 5.41) is 7.22. The van der Waals surface area contributed by atoms with Crippen molar-refractivity contribution in [3.05, 3.63) is 36.0 Å². The van der Waals surface area contributed by atoms with Crippen LogP contribution in [-0.2, 0) is 6.42 Å². The molecule has 1 atom stereocenters. The predicted octanol–water partition coefficient (Wildman–Crippen LogP) is 2.42. The van der Waals surface area contributed by atoms with Crippen LogP contribution >= 0.6 is 0 Å². The zero-order valence-corrected chi connectivity index (χ0v) is 10.6. The molecule has 1 aliphatic rings. The van der Waals surface area contributed by atoms with Crippen molar-refractivity contribution >= 4 is 0 Å². The molecule has 19 heavy (non-hydrogen) atoms. The number of nitrogens with zero attached hydrogens (tertiary/aromatic N) is 2. The van der Waals surface area contributed by atoms with Gasteiger partial charge in [-0.05, 0) is 44.0 Å². The number of nitrogens with one attached hydrogen (secondary N) is 1. The predicted molar refractivity (Wildman–Crippen MR) is 69.0 cm³/mol. The summed E-state index contributed by atoms with van der Waals surface area (Å²) in [5.41, 5.74) is 0.388. The van der Waals surface area contributed by atoms with Crippen LogP contribution < -0.4 is 5.32 Å². The number of halogens is 1. The van der Waals surface area contributed by atoms with Crippen molar-refractivity contribution < 1.29 is 8.91 Å². The van der Waals surface area contributed by atoms with Crippen LogP contribution in [0.4, 0.5) is 4.39 Å². The Morgan fingerprint density at radius 2 is 2.26 bits per heavy atom. The third kappa shape index (κ3) is 2.81. The number of rotatable bonds is 3. The molecular formula is C14H16FN3O. The van der Waals surface area contributed by atoms with Gasteiger partial charge in [-0.3, -0.25) is 0 Å². The van der Waals surface area contributed by atoms with Crippen LogP contribution in [0, 0.1) is 11.7 Å². The van der Waals surface area contributed by atoms with E-state index in [-0.39, 0.29) is 5.82 Å². The molecule has 1 N–H and O–H groups in total. The average Bonchev–Trinajstić information content (AvgIpc) is 2.89. The van der Waals surface area contributed by atoms with Gasteiger partial charge in [-0.25, -0.2) is 4.39 Å². The van der Waals surface area contributed by atoms with Gasteiger partial charge in [0.1, 0.15) is 5.82 Å². The number of aromatic nitrogens is 2. The maximum absolute atomic E-state index is 13.6. The highest BCUT2D eigenvalue weighted by Crippen LogP contribution is 2.21. The Hall–Kier alpha value is -1.75. The number of piperidine rings is 1. The van der Waals surface area contributed by atoms with Crippen LogP contribution in [0.15, 0.2) is 28.8 Å². The molecule has 0 spiro atoms. The molecule has 3 rings (SSSR count). The second kappa shape index (κ2) is 5.48. The van der Waals surface area contributed by atoms with Crippen molar-refractivity contribution in [2.45, 2.75) is 19.3 Å². The van der Waals surface area contributed by atoms with Gasteiger partial charge in [0.15, 0.2) is 0 Å². The van der Waals surface area contributed by atoms with Gasteiger partial charge in [0.25, 0.3) is 0 Å². The summed E-state index contributed by atoms with van der Waals surface area (Å²) in [7, 11) is 0. The Labute approximate surface area is 111 Å². The Morgan fingerprint density at radius 1 is 1.37 bits per heavy atom. The fraction of sp³-hybridized carbons (Fsp3) is 0.429. The van der Waals surface area contributed by atoms with Crippen LogP contribution in [-0.4, -0.2) is 23.2 Å². The molecule has 4 nitrogen and oxygen atoms in total. The molecule has 0 aliphatic carbocycles. The molecule has 5 heteroatoms. The van der Waals surface area contributed by atoms with E-state index >= 15 is 0 Å². The van der Waals surface area contributed by atoms with Crippen molar-refractivity contribution in [1.82, 2.24) is 15.5 Å². The summed E-state index contributed by atoms with van der Waals surface area (Å²) in [6.07, 6.45) is 3.11. The molecule has 1 fully saturated rings. The van der Waals surface area contributed by atoms with E-state index in [0.29, 0.717) is 23.2 Å². The summed E-state index contributed by atoms with van der Waals surface area (Å²) < 4.78 is 18.8. The van der Waals surface area contributed by atoms with Crippen LogP contribution in [0.5, 0.6) is 0 Å². The highest BCUT2D eigenvalue weighted by Gasteiger charge is 2.18. The minimum Gasteiger partial charge on any atom is -0.339 e. The average molecular weight is 261 g/mol. The molecule has 2 aromatic rings. The monoisotopic (exact) mass is 261 g/mol. The molecule has 100 valence electrons. The molecule has 1 aromatic heterocycles. The minimum atomic E-state index is -0.325. The number of hydrogen-bond acceptors (Lipinski definition) is 4. The van der Waals surface area contributed by atoms with Crippen LogP contribution in [0.25, 0.3) is 11.4 Å². The van der Waals surface area contributed by atoms with Gasteiger partial charge in [0.2, 0.25) is 11.7 Å². The lowest BCUT2D eigenvalue weighted by Crippen LogP contribution is -2.30. The van der Waals surface area contributed by atoms with E-state index in [1.807, 2.05) is 0 Å². The number of benzene rings is 1. The normalized spacial score (nSPS) is 19.5. The quantitative estimate of drug-likeness (QED) is 0.922. The van der Waals surface area contributed by atoms with Gasteiger partial charge in [-0.15, -0.1) is 0 Å². The van der Waals surface area contributed by atoms with E-state index in [2.05, 4.69) is 15.5 Å². The zero-order valence-electron chi connectivity index (χ0n) is 10.6. The van der Waals surface area contributed by atoms with E-state index < -0.39 is 0 Å². The van der Waals surface area contributed by atoms with Gasteiger partial charge in [-0.1, -0.05) is 17.3 Å². The topological polar surface area (TPSA) is 51.0 Å². The van der Waals surface area contributed by atoms with Gasteiger partial charge in [0, 0.05) is 6.42 Å². The summed E-state index contributed by atoms with van der Waals surface area (Å²) >= 11 is 0. The van der Waals surface area contributed by atoms with Crippen molar-refractivity contribution in [2.24, 2.45) is 5.92 Å². The fourth-order valence-corrected chi connectivity index (χ4v) is 2.43. The molecular weight excluding hydrogens is 245 g/mol. The van der Waals surface area contributed by atoms with E-state index in [9.17, 15) is 4.39 Å². The van der Waals surface area contributed by atoms with Crippen LogP contribution in [0.2, 0.25) is 0 Å². The van der Waals surface area contributed by atoms with Crippen molar-refractivity contribution in [3.63, 3.8) is 0 Å². The molecule has 0 saturated carbocycles. The van der Waals surface area contributed by atoms with E-state index in [1.54, 1.807) is 18.2 Å². The van der Waals surface area contributed by atoms with E-state index in [1.165, 1.54) is 18.9 Å². The zero-order chi connectivity index (χ0) is 13.1. The summed E-state index contributed by atoms with van der Waals surface area (Å²) in [4.78, 5) is 4.29. The molecule has 1 unspecified atom stereocenters. The van der Waals surface area contributed by atoms with Gasteiger partial charge < -0.3 is 9.84 Å². The Morgan fingerprint density at radius 3 is 3.05 bits per heavy atom. The van der Waals surface area contributed by atoms with E-state index in [0.717, 1.165) is 19.5 Å².